The fraction of sp³-hybridized carbons (Fsp3) is 0.444. The van der Waals surface area contributed by atoms with Crippen molar-refractivity contribution in [1.82, 2.24) is 9.55 Å². The number of hydrogen-bond donors (Lipinski definition) is 1. The van der Waals surface area contributed by atoms with Crippen molar-refractivity contribution in [1.29, 1.82) is 0 Å². The number of furan rings is 1. The van der Waals surface area contributed by atoms with Gasteiger partial charge < -0.3 is 9.15 Å². The third-order valence-corrected chi connectivity index (χ3v) is 4.14. The lowest BCUT2D eigenvalue weighted by Gasteiger charge is -2.17. The minimum atomic E-state index is -0.837. The molecule has 0 saturated heterocycles. The van der Waals surface area contributed by atoms with Crippen molar-refractivity contribution in [2.45, 2.75) is 47.6 Å². The highest BCUT2D eigenvalue weighted by atomic mass is 16.5. The topological polar surface area (TPSA) is 103 Å². The maximum atomic E-state index is 12.6. The van der Waals surface area contributed by atoms with E-state index in [-0.39, 0.29) is 18.1 Å². The quantitative estimate of drug-likeness (QED) is 0.821. The molecule has 0 fully saturated rings. The molecule has 1 atom stereocenters. The molecule has 0 saturated carbocycles. The van der Waals surface area contributed by atoms with Crippen LogP contribution in [0, 0.1) is 27.7 Å². The summed E-state index contributed by atoms with van der Waals surface area (Å²) in [5.74, 6) is -0.558. The van der Waals surface area contributed by atoms with Gasteiger partial charge in [0, 0.05) is 17.0 Å². The molecule has 26 heavy (non-hydrogen) atoms. The highest BCUT2D eigenvalue weighted by molar-refractivity contribution is 6.02. The van der Waals surface area contributed by atoms with Gasteiger partial charge in [0.25, 0.3) is 0 Å². The predicted octanol–water partition coefficient (Wildman–Crippen LogP) is 2.45. The summed E-state index contributed by atoms with van der Waals surface area (Å²) in [5, 5.41) is 2.58. The number of carbonyl (C=O) groups excluding carboxylic acids is 2. The first-order valence-electron chi connectivity index (χ1n) is 8.32. The van der Waals surface area contributed by atoms with Crippen LogP contribution in [-0.2, 0) is 9.53 Å². The minimum absolute atomic E-state index is 0.0149. The Bertz CT molecular complexity index is 910. The normalized spacial score (nSPS) is 11.9. The molecule has 2 aromatic rings. The molecule has 0 bridgehead atoms. The maximum Gasteiger partial charge on any atom is 0.348 e. The molecule has 0 spiro atoms. The molecule has 2 aromatic heterocycles. The SMILES string of the molecule is CCOC(=O)c1c(NC(=O)C(C)n2c(C)cc(C)nc2=O)oc(C)c1C. The highest BCUT2D eigenvalue weighted by Gasteiger charge is 2.26. The number of carbonyl (C=O) groups is 2. The zero-order valence-corrected chi connectivity index (χ0v) is 15.8. The third kappa shape index (κ3) is 3.68. The third-order valence-electron chi connectivity index (χ3n) is 4.14. The smallest absolute Gasteiger partial charge is 0.348 e. The van der Waals surface area contributed by atoms with E-state index >= 15 is 0 Å². The van der Waals surface area contributed by atoms with Gasteiger partial charge in [-0.1, -0.05) is 0 Å². The van der Waals surface area contributed by atoms with Gasteiger partial charge in [-0.3, -0.25) is 14.7 Å². The lowest BCUT2D eigenvalue weighted by atomic mass is 10.1. The lowest BCUT2D eigenvalue weighted by Crippen LogP contribution is -2.34. The van der Waals surface area contributed by atoms with Crippen LogP contribution in [0.5, 0.6) is 0 Å². The van der Waals surface area contributed by atoms with Crippen molar-refractivity contribution in [2.75, 3.05) is 11.9 Å². The fourth-order valence-corrected chi connectivity index (χ4v) is 2.73. The van der Waals surface area contributed by atoms with Crippen LogP contribution in [-0.4, -0.2) is 28.0 Å². The first-order chi connectivity index (χ1) is 12.2. The van der Waals surface area contributed by atoms with E-state index in [0.29, 0.717) is 22.7 Å². The average molecular weight is 361 g/mol. The number of ether oxygens (including phenoxy) is 1. The second kappa shape index (κ2) is 7.55. The lowest BCUT2D eigenvalue weighted by molar-refractivity contribution is -0.119. The van der Waals surface area contributed by atoms with Crippen LogP contribution in [0.25, 0.3) is 0 Å². The number of rotatable bonds is 5. The van der Waals surface area contributed by atoms with E-state index in [0.717, 1.165) is 0 Å². The van der Waals surface area contributed by atoms with E-state index in [1.54, 1.807) is 47.6 Å². The zero-order chi connectivity index (χ0) is 19.6. The van der Waals surface area contributed by atoms with Crippen molar-refractivity contribution in [2.24, 2.45) is 0 Å². The Hall–Kier alpha value is -2.90. The maximum absolute atomic E-state index is 12.6. The van der Waals surface area contributed by atoms with Gasteiger partial charge in [0.2, 0.25) is 11.8 Å². The molecule has 1 unspecified atom stereocenters. The summed E-state index contributed by atoms with van der Waals surface area (Å²) in [6.07, 6.45) is 0. The second-order valence-corrected chi connectivity index (χ2v) is 6.06. The van der Waals surface area contributed by atoms with Crippen molar-refractivity contribution in [3.05, 3.63) is 44.8 Å². The molecule has 0 aliphatic heterocycles. The van der Waals surface area contributed by atoms with Crippen LogP contribution in [0.2, 0.25) is 0 Å². The number of aryl methyl sites for hydroxylation is 3. The van der Waals surface area contributed by atoms with Crippen LogP contribution in [0.1, 0.15) is 53.0 Å². The Morgan fingerprint density at radius 2 is 1.96 bits per heavy atom. The average Bonchev–Trinajstić information content (AvgIpc) is 2.80. The molecule has 0 aromatic carbocycles. The van der Waals surface area contributed by atoms with E-state index in [2.05, 4.69) is 10.3 Å². The van der Waals surface area contributed by atoms with E-state index in [9.17, 15) is 14.4 Å². The van der Waals surface area contributed by atoms with Gasteiger partial charge in [0.1, 0.15) is 17.4 Å². The predicted molar refractivity (Wildman–Crippen MR) is 95.5 cm³/mol. The van der Waals surface area contributed by atoms with Gasteiger partial charge in [-0.2, -0.15) is 4.98 Å². The Morgan fingerprint density at radius 1 is 1.31 bits per heavy atom. The summed E-state index contributed by atoms with van der Waals surface area (Å²) in [4.78, 5) is 40.8. The molecule has 1 amide bonds. The van der Waals surface area contributed by atoms with Gasteiger partial charge in [-0.25, -0.2) is 9.59 Å². The monoisotopic (exact) mass is 361 g/mol. The summed E-state index contributed by atoms with van der Waals surface area (Å²) in [5.41, 5.74) is 1.45. The molecule has 2 heterocycles. The molecule has 8 nitrogen and oxygen atoms in total. The summed E-state index contributed by atoms with van der Waals surface area (Å²) in [7, 11) is 0. The Kier molecular flexibility index (Phi) is 5.64. The van der Waals surface area contributed by atoms with Gasteiger partial charge in [0.15, 0.2) is 0 Å². The van der Waals surface area contributed by atoms with Crippen molar-refractivity contribution >= 4 is 17.8 Å². The largest absolute Gasteiger partial charge is 0.462 e. The minimum Gasteiger partial charge on any atom is -0.462 e. The first-order valence-corrected chi connectivity index (χ1v) is 8.32. The van der Waals surface area contributed by atoms with Crippen LogP contribution in [0.4, 0.5) is 5.88 Å². The van der Waals surface area contributed by atoms with Crippen molar-refractivity contribution < 1.29 is 18.7 Å². The molecule has 0 radical (unpaired) electrons. The summed E-state index contributed by atoms with van der Waals surface area (Å²) in [6, 6.07) is 0.882. The molecule has 0 aliphatic rings. The molecular formula is C18H23N3O5. The standard InChI is InChI=1S/C18H23N3O5/c1-7-25-17(23)14-11(4)13(6)26-16(14)20-15(22)12(5)21-10(3)8-9(2)19-18(21)24/h8,12H,7H2,1-6H3,(H,20,22). The van der Waals surface area contributed by atoms with Crippen LogP contribution >= 0.6 is 0 Å². The Balaban J connectivity index is 2.35. The zero-order valence-electron chi connectivity index (χ0n) is 15.8. The number of nitrogens with one attached hydrogen (secondary N) is 1. The Labute approximate surface area is 151 Å². The number of hydrogen-bond acceptors (Lipinski definition) is 6. The Morgan fingerprint density at radius 3 is 2.54 bits per heavy atom. The number of aromatic nitrogens is 2. The molecule has 8 heteroatoms. The van der Waals surface area contributed by atoms with Gasteiger partial charge in [-0.15, -0.1) is 0 Å². The van der Waals surface area contributed by atoms with E-state index in [1.807, 2.05) is 0 Å². The molecule has 1 N–H and O–H groups in total. The van der Waals surface area contributed by atoms with E-state index in [1.165, 1.54) is 4.57 Å². The first kappa shape index (κ1) is 19.4. The van der Waals surface area contributed by atoms with Gasteiger partial charge >= 0.3 is 11.7 Å². The second-order valence-electron chi connectivity index (χ2n) is 6.06. The number of amides is 1. The summed E-state index contributed by atoms with van der Waals surface area (Å²) >= 11 is 0. The van der Waals surface area contributed by atoms with Crippen molar-refractivity contribution in [3.63, 3.8) is 0 Å². The summed E-state index contributed by atoms with van der Waals surface area (Å²) in [6.45, 7) is 10.3. The number of anilines is 1. The van der Waals surface area contributed by atoms with Crippen LogP contribution in [0.3, 0.4) is 0 Å². The molecule has 2 rings (SSSR count). The fourth-order valence-electron chi connectivity index (χ4n) is 2.73. The number of nitrogens with zero attached hydrogens (tertiary/aromatic N) is 2. The van der Waals surface area contributed by atoms with Crippen molar-refractivity contribution in [3.8, 4) is 0 Å². The van der Waals surface area contributed by atoms with E-state index in [4.69, 9.17) is 9.15 Å². The van der Waals surface area contributed by atoms with Crippen LogP contribution < -0.4 is 11.0 Å². The highest BCUT2D eigenvalue weighted by Crippen LogP contribution is 2.28. The summed E-state index contributed by atoms with van der Waals surface area (Å²) < 4.78 is 11.8. The van der Waals surface area contributed by atoms with Gasteiger partial charge in [0.05, 0.1) is 6.61 Å². The molecule has 0 aliphatic carbocycles. The van der Waals surface area contributed by atoms with Crippen LogP contribution in [0.15, 0.2) is 15.3 Å². The number of esters is 1. The van der Waals surface area contributed by atoms with Gasteiger partial charge in [-0.05, 0) is 47.6 Å². The molecule has 140 valence electrons. The van der Waals surface area contributed by atoms with E-state index < -0.39 is 23.6 Å². The molecular weight excluding hydrogens is 338 g/mol.